The van der Waals surface area contributed by atoms with Gasteiger partial charge in [-0.3, -0.25) is 0 Å². The van der Waals surface area contributed by atoms with Gasteiger partial charge in [0, 0.05) is 0 Å². The van der Waals surface area contributed by atoms with Gasteiger partial charge in [0.25, 0.3) is 0 Å². The average molecular weight is 218 g/mol. The third-order valence-electron chi connectivity index (χ3n) is 2.87. The van der Waals surface area contributed by atoms with Gasteiger partial charge in [-0.05, 0) is 37.7 Å². The number of aliphatic hydroxyl groups excluding tert-OH is 1. The molecule has 0 spiro atoms. The predicted molar refractivity (Wildman–Crippen MR) is 69.4 cm³/mol. The fourth-order valence-electron chi connectivity index (χ4n) is 1.77. The maximum atomic E-state index is 9.77. The normalized spacial score (nSPS) is 12.4. The standard InChI is InChI=1S/C15H22O/c1-3-13(2)12-15(16)11-7-10-14-8-5-4-6-9-14/h4-6,8-9,15-16H,2-3,7,10-12H2,1H3. The van der Waals surface area contributed by atoms with Gasteiger partial charge in [0.15, 0.2) is 0 Å². The molecule has 1 atom stereocenters. The first-order chi connectivity index (χ1) is 7.72. The summed E-state index contributed by atoms with van der Waals surface area (Å²) in [5.74, 6) is 0. The summed E-state index contributed by atoms with van der Waals surface area (Å²) in [6.07, 6.45) is 4.48. The van der Waals surface area contributed by atoms with E-state index >= 15 is 0 Å². The maximum Gasteiger partial charge on any atom is 0.0577 e. The van der Waals surface area contributed by atoms with Gasteiger partial charge in [-0.2, -0.15) is 0 Å². The molecule has 1 aromatic rings. The Balaban J connectivity index is 2.18. The van der Waals surface area contributed by atoms with Crippen LogP contribution in [-0.4, -0.2) is 11.2 Å². The van der Waals surface area contributed by atoms with Crippen molar-refractivity contribution in [3.8, 4) is 0 Å². The Morgan fingerprint density at radius 3 is 2.62 bits per heavy atom. The van der Waals surface area contributed by atoms with Gasteiger partial charge >= 0.3 is 0 Å². The SMILES string of the molecule is C=C(CC)CC(O)CCCc1ccccc1. The number of rotatable bonds is 7. The molecule has 1 heteroatoms. The Hall–Kier alpha value is -1.08. The molecule has 0 aliphatic carbocycles. The number of aryl methyl sites for hydroxylation is 1. The van der Waals surface area contributed by atoms with Gasteiger partial charge in [-0.25, -0.2) is 0 Å². The molecule has 1 N–H and O–H groups in total. The van der Waals surface area contributed by atoms with Gasteiger partial charge in [0.2, 0.25) is 0 Å². The van der Waals surface area contributed by atoms with E-state index in [1.165, 1.54) is 5.56 Å². The molecule has 16 heavy (non-hydrogen) atoms. The Kier molecular flexibility index (Phi) is 5.87. The molecule has 1 aromatic carbocycles. The molecule has 0 saturated heterocycles. The fraction of sp³-hybridized carbons (Fsp3) is 0.467. The van der Waals surface area contributed by atoms with Crippen molar-refractivity contribution < 1.29 is 5.11 Å². The summed E-state index contributed by atoms with van der Waals surface area (Å²) in [7, 11) is 0. The molecule has 0 fully saturated rings. The van der Waals surface area contributed by atoms with Crippen LogP contribution >= 0.6 is 0 Å². The van der Waals surface area contributed by atoms with Crippen LogP contribution in [0.15, 0.2) is 42.5 Å². The van der Waals surface area contributed by atoms with E-state index in [0.717, 1.165) is 37.7 Å². The van der Waals surface area contributed by atoms with Crippen molar-refractivity contribution in [2.75, 3.05) is 0 Å². The van der Waals surface area contributed by atoms with Crippen LogP contribution in [0.5, 0.6) is 0 Å². The van der Waals surface area contributed by atoms with E-state index in [2.05, 4.69) is 37.8 Å². The zero-order valence-electron chi connectivity index (χ0n) is 10.2. The number of aliphatic hydroxyl groups is 1. The second-order valence-electron chi connectivity index (χ2n) is 4.34. The molecule has 0 radical (unpaired) electrons. The van der Waals surface area contributed by atoms with Crippen molar-refractivity contribution in [1.29, 1.82) is 0 Å². The summed E-state index contributed by atoms with van der Waals surface area (Å²) >= 11 is 0. The number of benzene rings is 1. The van der Waals surface area contributed by atoms with E-state index in [1.807, 2.05) is 6.07 Å². The van der Waals surface area contributed by atoms with Crippen molar-refractivity contribution in [3.63, 3.8) is 0 Å². The lowest BCUT2D eigenvalue weighted by Crippen LogP contribution is -2.07. The highest BCUT2D eigenvalue weighted by Crippen LogP contribution is 2.13. The highest BCUT2D eigenvalue weighted by Gasteiger charge is 2.05. The van der Waals surface area contributed by atoms with Gasteiger partial charge in [0.1, 0.15) is 0 Å². The number of hydrogen-bond acceptors (Lipinski definition) is 1. The van der Waals surface area contributed by atoms with Crippen molar-refractivity contribution in [2.45, 2.75) is 45.1 Å². The zero-order chi connectivity index (χ0) is 11.8. The zero-order valence-corrected chi connectivity index (χ0v) is 10.2. The van der Waals surface area contributed by atoms with Gasteiger partial charge in [0.05, 0.1) is 6.10 Å². The van der Waals surface area contributed by atoms with Crippen molar-refractivity contribution in [1.82, 2.24) is 0 Å². The topological polar surface area (TPSA) is 20.2 Å². The van der Waals surface area contributed by atoms with Gasteiger partial charge in [-0.15, -0.1) is 0 Å². The van der Waals surface area contributed by atoms with E-state index < -0.39 is 0 Å². The minimum absolute atomic E-state index is 0.212. The number of hydrogen-bond donors (Lipinski definition) is 1. The summed E-state index contributed by atoms with van der Waals surface area (Å²) in [5.41, 5.74) is 2.50. The Bertz CT molecular complexity index is 302. The average Bonchev–Trinajstić information content (AvgIpc) is 2.30. The van der Waals surface area contributed by atoms with Crippen LogP contribution in [-0.2, 0) is 6.42 Å². The van der Waals surface area contributed by atoms with Crippen molar-refractivity contribution in [2.24, 2.45) is 0 Å². The summed E-state index contributed by atoms with van der Waals surface area (Å²) < 4.78 is 0. The molecule has 88 valence electrons. The van der Waals surface area contributed by atoms with Gasteiger partial charge < -0.3 is 5.11 Å². The Morgan fingerprint density at radius 2 is 2.00 bits per heavy atom. The predicted octanol–water partition coefficient (Wildman–Crippen LogP) is 3.73. The molecule has 0 amide bonds. The first kappa shape index (κ1) is 13.0. The second-order valence-corrected chi connectivity index (χ2v) is 4.34. The van der Waals surface area contributed by atoms with Crippen molar-refractivity contribution in [3.05, 3.63) is 48.0 Å². The van der Waals surface area contributed by atoms with Crippen LogP contribution in [0.1, 0.15) is 38.2 Å². The van der Waals surface area contributed by atoms with Crippen LogP contribution in [0, 0.1) is 0 Å². The molecule has 0 aromatic heterocycles. The lowest BCUT2D eigenvalue weighted by molar-refractivity contribution is 0.161. The summed E-state index contributed by atoms with van der Waals surface area (Å²) in [5, 5.41) is 9.77. The van der Waals surface area contributed by atoms with Crippen LogP contribution in [0.25, 0.3) is 0 Å². The van der Waals surface area contributed by atoms with E-state index in [-0.39, 0.29) is 6.10 Å². The van der Waals surface area contributed by atoms with E-state index in [1.54, 1.807) is 0 Å². The third kappa shape index (κ3) is 5.13. The van der Waals surface area contributed by atoms with E-state index in [9.17, 15) is 5.11 Å². The first-order valence-electron chi connectivity index (χ1n) is 6.11. The maximum absolute atomic E-state index is 9.77. The smallest absolute Gasteiger partial charge is 0.0577 e. The largest absolute Gasteiger partial charge is 0.393 e. The van der Waals surface area contributed by atoms with Crippen LogP contribution < -0.4 is 0 Å². The summed E-state index contributed by atoms with van der Waals surface area (Å²) in [6.45, 7) is 6.00. The second kappa shape index (κ2) is 7.24. The molecule has 0 aliphatic rings. The lowest BCUT2D eigenvalue weighted by Gasteiger charge is -2.11. The summed E-state index contributed by atoms with van der Waals surface area (Å²) in [6, 6.07) is 10.4. The molecule has 1 nitrogen and oxygen atoms in total. The molecular weight excluding hydrogens is 196 g/mol. The molecule has 0 aliphatic heterocycles. The monoisotopic (exact) mass is 218 g/mol. The Morgan fingerprint density at radius 1 is 1.31 bits per heavy atom. The molecule has 0 saturated carbocycles. The van der Waals surface area contributed by atoms with E-state index in [4.69, 9.17) is 0 Å². The molecule has 0 bridgehead atoms. The minimum Gasteiger partial charge on any atom is -0.393 e. The fourth-order valence-corrected chi connectivity index (χ4v) is 1.77. The molecule has 1 unspecified atom stereocenters. The van der Waals surface area contributed by atoms with Crippen LogP contribution in [0.3, 0.4) is 0 Å². The third-order valence-corrected chi connectivity index (χ3v) is 2.87. The highest BCUT2D eigenvalue weighted by atomic mass is 16.3. The minimum atomic E-state index is -0.212. The summed E-state index contributed by atoms with van der Waals surface area (Å²) in [4.78, 5) is 0. The Labute approximate surface area is 98.8 Å². The first-order valence-corrected chi connectivity index (χ1v) is 6.11. The highest BCUT2D eigenvalue weighted by molar-refractivity contribution is 5.14. The lowest BCUT2D eigenvalue weighted by atomic mass is 10.0. The quantitative estimate of drug-likeness (QED) is 0.691. The van der Waals surface area contributed by atoms with E-state index in [0.29, 0.717) is 0 Å². The molecule has 1 rings (SSSR count). The van der Waals surface area contributed by atoms with Crippen LogP contribution in [0.2, 0.25) is 0 Å². The van der Waals surface area contributed by atoms with Crippen molar-refractivity contribution >= 4 is 0 Å². The molecule has 0 heterocycles. The van der Waals surface area contributed by atoms with Crippen LogP contribution in [0.4, 0.5) is 0 Å². The van der Waals surface area contributed by atoms with Gasteiger partial charge in [-0.1, -0.05) is 49.4 Å². The molecular formula is C15H22O.